The van der Waals surface area contributed by atoms with Crippen molar-refractivity contribution in [2.75, 3.05) is 13.2 Å². The highest BCUT2D eigenvalue weighted by atomic mass is 16.7. The Bertz CT molecular complexity index is 839. The van der Waals surface area contributed by atoms with E-state index in [1.807, 2.05) is 36.4 Å². The third-order valence-corrected chi connectivity index (χ3v) is 4.87. The highest BCUT2D eigenvalue weighted by Crippen LogP contribution is 2.34. The maximum atomic E-state index is 12.7. The van der Waals surface area contributed by atoms with E-state index in [1.165, 1.54) is 6.92 Å². The molecule has 4 rings (SSSR count). The van der Waals surface area contributed by atoms with Gasteiger partial charge in [-0.3, -0.25) is 4.79 Å². The number of fused-ring (bicyclic) bond motifs is 1. The van der Waals surface area contributed by atoms with Gasteiger partial charge in [0.05, 0.1) is 18.8 Å². The summed E-state index contributed by atoms with van der Waals surface area (Å²) in [6.45, 7) is 1.67. The summed E-state index contributed by atoms with van der Waals surface area (Å²) in [5.41, 5.74) is 1.25. The average molecular weight is 398 g/mol. The molecule has 2 aliphatic heterocycles. The van der Waals surface area contributed by atoms with Gasteiger partial charge in [0.25, 0.3) is 0 Å². The largest absolute Gasteiger partial charge is 0.456 e. The first-order chi connectivity index (χ1) is 14.1. The minimum atomic E-state index is -0.819. The van der Waals surface area contributed by atoms with E-state index in [0.29, 0.717) is 5.56 Å². The number of ether oxygens (including phenoxy) is 5. The fourth-order valence-corrected chi connectivity index (χ4v) is 3.51. The van der Waals surface area contributed by atoms with Crippen LogP contribution in [0.1, 0.15) is 29.1 Å². The molecule has 0 bridgehead atoms. The molecule has 2 saturated heterocycles. The Morgan fingerprint density at radius 1 is 0.897 bits per heavy atom. The topological polar surface area (TPSA) is 80.3 Å². The molecule has 0 radical (unpaired) electrons. The Labute approximate surface area is 168 Å². The quantitative estimate of drug-likeness (QED) is 0.733. The van der Waals surface area contributed by atoms with E-state index in [1.54, 1.807) is 24.3 Å². The van der Waals surface area contributed by atoms with Gasteiger partial charge in [-0.2, -0.15) is 0 Å². The molecule has 2 heterocycles. The van der Waals surface area contributed by atoms with Crippen molar-refractivity contribution in [2.45, 2.75) is 37.6 Å². The summed E-state index contributed by atoms with van der Waals surface area (Å²) in [5, 5.41) is 0. The van der Waals surface area contributed by atoms with Crippen LogP contribution in [0.5, 0.6) is 0 Å². The molecule has 0 N–H and O–H groups in total. The Kier molecular flexibility index (Phi) is 5.89. The molecule has 7 heteroatoms. The Morgan fingerprint density at radius 2 is 1.59 bits per heavy atom. The van der Waals surface area contributed by atoms with Crippen LogP contribution in [-0.4, -0.2) is 49.6 Å². The molecule has 7 nitrogen and oxygen atoms in total. The lowest BCUT2D eigenvalue weighted by Gasteiger charge is -2.45. The van der Waals surface area contributed by atoms with E-state index < -0.39 is 42.6 Å². The number of benzene rings is 2. The van der Waals surface area contributed by atoms with Gasteiger partial charge in [0.15, 0.2) is 18.5 Å². The fraction of sp³-hybridized carbons (Fsp3) is 0.364. The lowest BCUT2D eigenvalue weighted by atomic mass is 9.98. The van der Waals surface area contributed by atoms with Gasteiger partial charge in [-0.15, -0.1) is 0 Å². The predicted octanol–water partition coefficient (Wildman–Crippen LogP) is 2.66. The van der Waals surface area contributed by atoms with Crippen LogP contribution in [0, 0.1) is 0 Å². The predicted molar refractivity (Wildman–Crippen MR) is 101 cm³/mol. The van der Waals surface area contributed by atoms with Crippen LogP contribution in [0.3, 0.4) is 0 Å². The van der Waals surface area contributed by atoms with Crippen LogP contribution in [0.15, 0.2) is 60.7 Å². The van der Waals surface area contributed by atoms with E-state index in [2.05, 4.69) is 0 Å². The molecular formula is C22H22O7. The molecular weight excluding hydrogens is 376 g/mol. The third kappa shape index (κ3) is 4.48. The third-order valence-electron chi connectivity index (χ3n) is 4.87. The van der Waals surface area contributed by atoms with Crippen LogP contribution in [0.2, 0.25) is 0 Å². The number of carbonyl (C=O) groups excluding carboxylic acids is 2. The van der Waals surface area contributed by atoms with Crippen LogP contribution in [0.4, 0.5) is 0 Å². The summed E-state index contributed by atoms with van der Waals surface area (Å²) in [6.07, 6.45) is -3.29. The van der Waals surface area contributed by atoms with Gasteiger partial charge in [0.2, 0.25) is 0 Å². The van der Waals surface area contributed by atoms with Gasteiger partial charge in [-0.05, 0) is 12.1 Å². The number of rotatable bonds is 4. The normalized spacial score (nSPS) is 28.8. The lowest BCUT2D eigenvalue weighted by Crippen LogP contribution is -2.60. The van der Waals surface area contributed by atoms with Crippen molar-refractivity contribution in [3.05, 3.63) is 71.8 Å². The number of hydrogen-bond acceptors (Lipinski definition) is 7. The minimum Gasteiger partial charge on any atom is -0.456 e. The Balaban J connectivity index is 1.57. The van der Waals surface area contributed by atoms with Crippen molar-refractivity contribution in [1.82, 2.24) is 0 Å². The molecule has 5 atom stereocenters. The van der Waals surface area contributed by atoms with Crippen molar-refractivity contribution < 1.29 is 33.3 Å². The smallest absolute Gasteiger partial charge is 0.338 e. The molecule has 0 spiro atoms. The van der Waals surface area contributed by atoms with Crippen molar-refractivity contribution in [3.63, 3.8) is 0 Å². The molecule has 0 amide bonds. The summed E-state index contributed by atoms with van der Waals surface area (Å²) < 4.78 is 28.8. The van der Waals surface area contributed by atoms with Gasteiger partial charge in [0.1, 0.15) is 12.2 Å². The molecule has 0 aliphatic carbocycles. The van der Waals surface area contributed by atoms with Crippen LogP contribution < -0.4 is 0 Å². The molecule has 2 aliphatic rings. The maximum absolute atomic E-state index is 12.7. The number of hydrogen-bond donors (Lipinski definition) is 0. The summed E-state index contributed by atoms with van der Waals surface area (Å²) in [4.78, 5) is 24.3. The first kappa shape index (κ1) is 19.6. The molecule has 29 heavy (non-hydrogen) atoms. The second-order valence-corrected chi connectivity index (χ2v) is 6.93. The van der Waals surface area contributed by atoms with Gasteiger partial charge in [0, 0.05) is 12.5 Å². The maximum Gasteiger partial charge on any atom is 0.338 e. The van der Waals surface area contributed by atoms with Gasteiger partial charge in [-0.25, -0.2) is 4.79 Å². The van der Waals surface area contributed by atoms with Crippen molar-refractivity contribution in [1.29, 1.82) is 0 Å². The van der Waals surface area contributed by atoms with E-state index in [9.17, 15) is 9.59 Å². The van der Waals surface area contributed by atoms with Gasteiger partial charge >= 0.3 is 11.9 Å². The highest BCUT2D eigenvalue weighted by molar-refractivity contribution is 5.89. The Morgan fingerprint density at radius 3 is 2.28 bits per heavy atom. The lowest BCUT2D eigenvalue weighted by molar-refractivity contribution is -0.314. The molecule has 0 saturated carbocycles. The second-order valence-electron chi connectivity index (χ2n) is 6.93. The summed E-state index contributed by atoms with van der Waals surface area (Å²) in [7, 11) is 0. The number of esters is 2. The molecule has 0 aromatic heterocycles. The first-order valence-corrected chi connectivity index (χ1v) is 9.48. The zero-order chi connectivity index (χ0) is 20.2. The molecule has 152 valence electrons. The molecule has 2 fully saturated rings. The van der Waals surface area contributed by atoms with E-state index >= 15 is 0 Å². The number of carbonyl (C=O) groups is 2. The van der Waals surface area contributed by atoms with Crippen molar-refractivity contribution in [3.8, 4) is 0 Å². The zero-order valence-corrected chi connectivity index (χ0v) is 15.9. The SMILES string of the molecule is CC(=O)O[C@H]1CO[C@@H]2COC(c3ccccc3)O[C@H]2[C@@H]1OC(=O)c1ccccc1. The molecule has 2 aromatic rings. The van der Waals surface area contributed by atoms with Crippen LogP contribution >= 0.6 is 0 Å². The standard InChI is InChI=1S/C22H22O7/c1-14(23)27-18-13-25-17-12-26-22(16-10-6-3-7-11-16)29-19(17)20(18)28-21(24)15-8-4-2-5-9-15/h2-11,17-20,22H,12-13H2,1H3/t17-,18+,19-,20-,22?/m1/s1. The van der Waals surface area contributed by atoms with Crippen LogP contribution in [0.25, 0.3) is 0 Å². The van der Waals surface area contributed by atoms with Crippen molar-refractivity contribution in [2.24, 2.45) is 0 Å². The summed E-state index contributed by atoms with van der Waals surface area (Å²) in [6, 6.07) is 18.1. The van der Waals surface area contributed by atoms with E-state index in [-0.39, 0.29) is 13.2 Å². The van der Waals surface area contributed by atoms with Gasteiger partial charge < -0.3 is 23.7 Å². The van der Waals surface area contributed by atoms with Crippen LogP contribution in [-0.2, 0) is 28.5 Å². The fourth-order valence-electron chi connectivity index (χ4n) is 3.51. The second kappa shape index (κ2) is 8.73. The summed E-state index contributed by atoms with van der Waals surface area (Å²) in [5.74, 6) is -0.996. The molecule has 2 aromatic carbocycles. The van der Waals surface area contributed by atoms with E-state index in [0.717, 1.165) is 5.56 Å². The minimum absolute atomic E-state index is 0.0935. The highest BCUT2D eigenvalue weighted by Gasteiger charge is 2.49. The summed E-state index contributed by atoms with van der Waals surface area (Å²) >= 11 is 0. The zero-order valence-electron chi connectivity index (χ0n) is 15.9. The van der Waals surface area contributed by atoms with E-state index in [4.69, 9.17) is 23.7 Å². The Hall–Kier alpha value is -2.74. The monoisotopic (exact) mass is 398 g/mol. The van der Waals surface area contributed by atoms with Gasteiger partial charge in [-0.1, -0.05) is 48.5 Å². The van der Waals surface area contributed by atoms with Crippen molar-refractivity contribution >= 4 is 11.9 Å². The first-order valence-electron chi connectivity index (χ1n) is 9.48. The molecule has 1 unspecified atom stereocenters. The average Bonchev–Trinajstić information content (AvgIpc) is 2.76.